The Morgan fingerprint density at radius 3 is 2.48 bits per heavy atom. The molecule has 146 valence electrons. The summed E-state index contributed by atoms with van der Waals surface area (Å²) in [5.41, 5.74) is 4.15. The van der Waals surface area contributed by atoms with Crippen LogP contribution < -0.4 is 4.72 Å². The van der Waals surface area contributed by atoms with Crippen molar-refractivity contribution in [3.8, 4) is 22.4 Å². The maximum absolute atomic E-state index is 12.9. The van der Waals surface area contributed by atoms with Gasteiger partial charge in [-0.15, -0.1) is 0 Å². The van der Waals surface area contributed by atoms with E-state index in [0.29, 0.717) is 5.69 Å². The van der Waals surface area contributed by atoms with E-state index < -0.39 is 10.0 Å². The van der Waals surface area contributed by atoms with Gasteiger partial charge in [0.1, 0.15) is 0 Å². The predicted molar refractivity (Wildman–Crippen MR) is 112 cm³/mol. The molecule has 6 nitrogen and oxygen atoms in total. The van der Waals surface area contributed by atoms with Crippen molar-refractivity contribution in [2.24, 2.45) is 7.05 Å². The molecule has 0 atom stereocenters. The summed E-state index contributed by atoms with van der Waals surface area (Å²) in [6.45, 7) is 0.135. The number of nitrogens with zero attached hydrogens (tertiary/aromatic N) is 3. The van der Waals surface area contributed by atoms with Crippen LogP contribution in [0.4, 0.5) is 0 Å². The van der Waals surface area contributed by atoms with Crippen LogP contribution in [0.1, 0.15) is 5.56 Å². The molecule has 4 aromatic rings. The van der Waals surface area contributed by atoms with Gasteiger partial charge in [0.2, 0.25) is 10.0 Å². The van der Waals surface area contributed by atoms with Crippen LogP contribution in [0.25, 0.3) is 22.4 Å². The van der Waals surface area contributed by atoms with Gasteiger partial charge in [-0.3, -0.25) is 9.67 Å². The largest absolute Gasteiger partial charge is 0.275 e. The summed E-state index contributed by atoms with van der Waals surface area (Å²) in [6.07, 6.45) is 5.25. The van der Waals surface area contributed by atoms with E-state index in [1.807, 2.05) is 55.7 Å². The number of sulfonamides is 1. The fraction of sp³-hybridized carbons (Fsp3) is 0.0909. The van der Waals surface area contributed by atoms with Crippen LogP contribution in [0.2, 0.25) is 0 Å². The monoisotopic (exact) mass is 404 g/mol. The number of hydrogen-bond acceptors (Lipinski definition) is 4. The fourth-order valence-corrected chi connectivity index (χ4v) is 4.17. The molecule has 29 heavy (non-hydrogen) atoms. The van der Waals surface area contributed by atoms with Crippen molar-refractivity contribution in [2.75, 3.05) is 0 Å². The smallest absolute Gasteiger partial charge is 0.240 e. The van der Waals surface area contributed by atoms with Crippen molar-refractivity contribution >= 4 is 10.0 Å². The topological polar surface area (TPSA) is 76.9 Å². The lowest BCUT2D eigenvalue weighted by Crippen LogP contribution is -2.23. The second-order valence-electron chi connectivity index (χ2n) is 6.63. The first kappa shape index (κ1) is 19.0. The van der Waals surface area contributed by atoms with Crippen LogP contribution in [0.15, 0.2) is 90.2 Å². The highest BCUT2D eigenvalue weighted by Gasteiger charge is 2.16. The minimum absolute atomic E-state index is 0.135. The van der Waals surface area contributed by atoms with Crippen molar-refractivity contribution in [2.45, 2.75) is 11.4 Å². The summed E-state index contributed by atoms with van der Waals surface area (Å²) in [7, 11) is -1.85. The van der Waals surface area contributed by atoms with Gasteiger partial charge >= 0.3 is 0 Å². The van der Waals surface area contributed by atoms with Crippen molar-refractivity contribution in [3.63, 3.8) is 0 Å². The van der Waals surface area contributed by atoms with Crippen molar-refractivity contribution in [3.05, 3.63) is 90.9 Å². The molecule has 1 N–H and O–H groups in total. The van der Waals surface area contributed by atoms with E-state index in [2.05, 4.69) is 14.8 Å². The molecule has 0 spiro atoms. The first-order valence-corrected chi connectivity index (χ1v) is 10.6. The SMILES string of the molecule is Cn1cc(-c2ncccc2CNS(=O)(=O)c2cccc(-c3ccccc3)c2)cn1. The number of benzene rings is 2. The summed E-state index contributed by atoms with van der Waals surface area (Å²) in [6, 6.07) is 20.3. The van der Waals surface area contributed by atoms with Gasteiger partial charge in [0.05, 0.1) is 16.8 Å². The number of hydrogen-bond donors (Lipinski definition) is 1. The zero-order valence-electron chi connectivity index (χ0n) is 15.9. The first-order valence-electron chi connectivity index (χ1n) is 9.11. The molecule has 0 radical (unpaired) electrons. The maximum atomic E-state index is 12.9. The lowest BCUT2D eigenvalue weighted by Gasteiger charge is -2.11. The molecule has 4 rings (SSSR count). The molecule has 0 fully saturated rings. The molecule has 2 aromatic heterocycles. The number of rotatable bonds is 6. The lowest BCUT2D eigenvalue weighted by atomic mass is 10.1. The average molecular weight is 404 g/mol. The molecule has 0 aliphatic rings. The van der Waals surface area contributed by atoms with E-state index in [-0.39, 0.29) is 11.4 Å². The molecular formula is C22H20N4O2S. The predicted octanol–water partition coefficient (Wildman–Crippen LogP) is 3.63. The van der Waals surface area contributed by atoms with Crippen LogP contribution >= 0.6 is 0 Å². The molecule has 0 aliphatic carbocycles. The minimum Gasteiger partial charge on any atom is -0.275 e. The van der Waals surface area contributed by atoms with Crippen LogP contribution in [0, 0.1) is 0 Å². The van der Waals surface area contributed by atoms with E-state index >= 15 is 0 Å². The number of aryl methyl sites for hydroxylation is 1. The van der Waals surface area contributed by atoms with Gasteiger partial charge in [-0.2, -0.15) is 5.10 Å². The van der Waals surface area contributed by atoms with E-state index in [0.717, 1.165) is 22.3 Å². The summed E-state index contributed by atoms with van der Waals surface area (Å²) >= 11 is 0. The van der Waals surface area contributed by atoms with Crippen LogP contribution in [0.3, 0.4) is 0 Å². The van der Waals surface area contributed by atoms with Gasteiger partial charge < -0.3 is 0 Å². The molecule has 0 saturated carbocycles. The third-order valence-corrected chi connectivity index (χ3v) is 5.97. The van der Waals surface area contributed by atoms with E-state index in [9.17, 15) is 8.42 Å². The van der Waals surface area contributed by atoms with Crippen LogP contribution in [-0.4, -0.2) is 23.2 Å². The van der Waals surface area contributed by atoms with Gasteiger partial charge in [-0.05, 0) is 34.9 Å². The molecule has 0 aliphatic heterocycles. The molecule has 7 heteroatoms. The van der Waals surface area contributed by atoms with Crippen LogP contribution in [0.5, 0.6) is 0 Å². The number of nitrogens with one attached hydrogen (secondary N) is 1. The highest BCUT2D eigenvalue weighted by atomic mass is 32.2. The number of aromatic nitrogens is 3. The van der Waals surface area contributed by atoms with Crippen molar-refractivity contribution in [1.82, 2.24) is 19.5 Å². The van der Waals surface area contributed by atoms with E-state index in [1.165, 1.54) is 0 Å². The average Bonchev–Trinajstić information content (AvgIpc) is 3.19. The molecule has 2 heterocycles. The molecule has 0 bridgehead atoms. The Labute approximate surface area is 169 Å². The Kier molecular flexibility index (Phi) is 5.24. The summed E-state index contributed by atoms with van der Waals surface area (Å²) in [4.78, 5) is 4.63. The van der Waals surface area contributed by atoms with Gasteiger partial charge in [-0.1, -0.05) is 48.5 Å². The molecule has 0 amide bonds. The lowest BCUT2D eigenvalue weighted by molar-refractivity contribution is 0.581. The van der Waals surface area contributed by atoms with Crippen LogP contribution in [-0.2, 0) is 23.6 Å². The zero-order valence-corrected chi connectivity index (χ0v) is 16.7. The highest BCUT2D eigenvalue weighted by Crippen LogP contribution is 2.23. The van der Waals surface area contributed by atoms with Gasteiger partial charge in [-0.25, -0.2) is 13.1 Å². The van der Waals surface area contributed by atoms with E-state index in [4.69, 9.17) is 0 Å². The maximum Gasteiger partial charge on any atom is 0.240 e. The Balaban J connectivity index is 1.58. The second-order valence-corrected chi connectivity index (χ2v) is 8.40. The first-order chi connectivity index (χ1) is 14.0. The third-order valence-electron chi connectivity index (χ3n) is 4.57. The Morgan fingerprint density at radius 1 is 0.931 bits per heavy atom. The van der Waals surface area contributed by atoms with Gasteiger partial charge in [0.25, 0.3) is 0 Å². The van der Waals surface area contributed by atoms with Gasteiger partial charge in [0, 0.05) is 31.5 Å². The van der Waals surface area contributed by atoms with Crippen molar-refractivity contribution < 1.29 is 8.42 Å². The number of pyridine rings is 1. The minimum atomic E-state index is -3.68. The van der Waals surface area contributed by atoms with Crippen molar-refractivity contribution in [1.29, 1.82) is 0 Å². The normalized spacial score (nSPS) is 11.5. The Morgan fingerprint density at radius 2 is 1.72 bits per heavy atom. The summed E-state index contributed by atoms with van der Waals surface area (Å²) in [5, 5.41) is 4.17. The zero-order chi connectivity index (χ0) is 20.3. The molecule has 0 unspecified atom stereocenters. The standard InChI is InChI=1S/C22H20N4O2S/c1-26-16-20(14-24-26)22-19(10-6-12-23-22)15-25-29(27,28)21-11-5-9-18(13-21)17-7-3-2-4-8-17/h2-14,16,25H,15H2,1H3. The van der Waals surface area contributed by atoms with Gasteiger partial charge in [0.15, 0.2) is 0 Å². The third kappa shape index (κ3) is 4.26. The fourth-order valence-electron chi connectivity index (χ4n) is 3.11. The quantitative estimate of drug-likeness (QED) is 0.532. The molecule has 2 aromatic carbocycles. The molecular weight excluding hydrogens is 384 g/mol. The summed E-state index contributed by atoms with van der Waals surface area (Å²) < 4.78 is 30.2. The second kappa shape index (κ2) is 7.98. The summed E-state index contributed by atoms with van der Waals surface area (Å²) in [5.74, 6) is 0. The Bertz CT molecular complexity index is 1230. The highest BCUT2D eigenvalue weighted by molar-refractivity contribution is 7.89. The Hall–Kier alpha value is -3.29. The molecule has 0 saturated heterocycles. The van der Waals surface area contributed by atoms with E-state index in [1.54, 1.807) is 41.3 Å².